The van der Waals surface area contributed by atoms with E-state index in [0.29, 0.717) is 23.3 Å². The van der Waals surface area contributed by atoms with Gasteiger partial charge in [-0.15, -0.1) is 0 Å². The zero-order valence-corrected chi connectivity index (χ0v) is 11.1. The normalized spacial score (nSPS) is 11.5. The smallest absolute Gasteiger partial charge is 0.379 e. The van der Waals surface area contributed by atoms with E-state index < -0.39 is 23.4 Å². The van der Waals surface area contributed by atoms with E-state index in [0.717, 1.165) is 6.07 Å². The summed E-state index contributed by atoms with van der Waals surface area (Å²) in [6.07, 6.45) is -4.53. The van der Waals surface area contributed by atoms with Crippen molar-refractivity contribution in [1.29, 1.82) is 0 Å². The number of nitrogens with one attached hydrogen (secondary N) is 1. The lowest BCUT2D eigenvalue weighted by Crippen LogP contribution is -2.08. The van der Waals surface area contributed by atoms with Gasteiger partial charge in [0.05, 0.1) is 11.3 Å². The Morgan fingerprint density at radius 2 is 1.71 bits per heavy atom. The summed E-state index contributed by atoms with van der Waals surface area (Å²) < 4.78 is 64.2. The van der Waals surface area contributed by atoms with Crippen molar-refractivity contribution in [2.24, 2.45) is 0 Å². The van der Waals surface area contributed by atoms with Crippen molar-refractivity contribution in [3.05, 3.63) is 64.7 Å². The second kappa shape index (κ2) is 5.71. The lowest BCUT2D eigenvalue weighted by Gasteiger charge is -2.13. The van der Waals surface area contributed by atoms with Crippen LogP contribution in [0.4, 0.5) is 27.6 Å². The summed E-state index contributed by atoms with van der Waals surface area (Å²) in [4.78, 5) is 0. The largest absolute Gasteiger partial charge is 0.416 e. The molecule has 1 N–H and O–H groups in total. The Kier molecular flexibility index (Phi) is 4.16. The van der Waals surface area contributed by atoms with Gasteiger partial charge in [-0.1, -0.05) is 6.07 Å². The van der Waals surface area contributed by atoms with Crippen molar-refractivity contribution in [3.8, 4) is 0 Å². The molecule has 2 aromatic rings. The highest BCUT2D eigenvalue weighted by atomic mass is 19.4. The predicted octanol–water partition coefficient (Wildman–Crippen LogP) is 4.90. The first kappa shape index (κ1) is 15.3. The Morgan fingerprint density at radius 3 is 2.33 bits per heavy atom. The molecule has 0 aliphatic carbocycles. The number of rotatable bonds is 3. The van der Waals surface area contributed by atoms with Crippen LogP contribution in [0.2, 0.25) is 0 Å². The van der Waals surface area contributed by atoms with Gasteiger partial charge in [0.2, 0.25) is 0 Å². The minimum absolute atomic E-state index is 0.102. The number of hydrogen-bond donors (Lipinski definition) is 1. The third-order valence-corrected chi connectivity index (χ3v) is 3.07. The highest BCUT2D eigenvalue weighted by Gasteiger charge is 2.31. The van der Waals surface area contributed by atoms with Crippen LogP contribution in [-0.2, 0) is 12.7 Å². The average Bonchev–Trinajstić information content (AvgIpc) is 2.38. The van der Waals surface area contributed by atoms with Crippen molar-refractivity contribution in [2.75, 3.05) is 5.32 Å². The van der Waals surface area contributed by atoms with E-state index in [9.17, 15) is 22.0 Å². The van der Waals surface area contributed by atoms with Gasteiger partial charge in [0, 0.05) is 6.54 Å². The molecule has 0 amide bonds. The molecule has 0 aliphatic rings. The molecule has 0 fully saturated rings. The van der Waals surface area contributed by atoms with Crippen LogP contribution >= 0.6 is 0 Å². The highest BCUT2D eigenvalue weighted by Crippen LogP contribution is 2.32. The quantitative estimate of drug-likeness (QED) is 0.795. The Labute approximate surface area is 118 Å². The molecule has 112 valence electrons. The van der Waals surface area contributed by atoms with Crippen molar-refractivity contribution in [1.82, 2.24) is 0 Å². The van der Waals surface area contributed by atoms with Crippen LogP contribution in [0.3, 0.4) is 0 Å². The maximum absolute atomic E-state index is 13.5. The van der Waals surface area contributed by atoms with E-state index in [-0.39, 0.29) is 12.2 Å². The molecule has 2 rings (SSSR count). The van der Waals surface area contributed by atoms with Gasteiger partial charge >= 0.3 is 6.18 Å². The third kappa shape index (κ3) is 3.71. The van der Waals surface area contributed by atoms with Crippen LogP contribution in [0.1, 0.15) is 16.7 Å². The molecule has 0 bridgehead atoms. The first-order chi connectivity index (χ1) is 9.77. The number of benzene rings is 2. The summed E-state index contributed by atoms with van der Waals surface area (Å²) in [7, 11) is 0. The van der Waals surface area contributed by atoms with Crippen LogP contribution in [0.25, 0.3) is 0 Å². The van der Waals surface area contributed by atoms with Gasteiger partial charge in [0.25, 0.3) is 0 Å². The summed E-state index contributed by atoms with van der Waals surface area (Å²) in [5.41, 5.74) is 0.138. The molecule has 0 saturated heterocycles. The number of hydrogen-bond acceptors (Lipinski definition) is 1. The second-order valence-corrected chi connectivity index (χ2v) is 4.62. The predicted molar refractivity (Wildman–Crippen MR) is 69.9 cm³/mol. The van der Waals surface area contributed by atoms with E-state index in [4.69, 9.17) is 0 Å². The second-order valence-electron chi connectivity index (χ2n) is 4.62. The van der Waals surface area contributed by atoms with E-state index in [2.05, 4.69) is 5.32 Å². The third-order valence-electron chi connectivity index (χ3n) is 3.07. The van der Waals surface area contributed by atoms with Crippen LogP contribution in [0.15, 0.2) is 36.4 Å². The summed E-state index contributed by atoms with van der Waals surface area (Å²) >= 11 is 0. The molecule has 21 heavy (non-hydrogen) atoms. The fourth-order valence-electron chi connectivity index (χ4n) is 1.89. The van der Waals surface area contributed by atoms with Gasteiger partial charge in [0.15, 0.2) is 0 Å². The molecule has 0 aliphatic heterocycles. The van der Waals surface area contributed by atoms with Crippen LogP contribution in [-0.4, -0.2) is 0 Å². The monoisotopic (exact) mass is 301 g/mol. The molecule has 0 aromatic heterocycles. The van der Waals surface area contributed by atoms with Gasteiger partial charge in [0.1, 0.15) is 11.6 Å². The average molecular weight is 301 g/mol. The fourth-order valence-corrected chi connectivity index (χ4v) is 1.89. The lowest BCUT2D eigenvalue weighted by atomic mass is 10.1. The molecule has 1 nitrogen and oxygen atoms in total. The van der Waals surface area contributed by atoms with E-state index in [1.807, 2.05) is 0 Å². The highest BCUT2D eigenvalue weighted by molar-refractivity contribution is 5.48. The topological polar surface area (TPSA) is 12.0 Å². The Balaban J connectivity index is 2.19. The first-order valence-corrected chi connectivity index (χ1v) is 6.13. The molecular formula is C15H12F5N. The number of alkyl halides is 3. The summed E-state index contributed by atoms with van der Waals surface area (Å²) in [5.74, 6) is -1.18. The van der Waals surface area contributed by atoms with Gasteiger partial charge in [-0.25, -0.2) is 8.78 Å². The molecular weight excluding hydrogens is 289 g/mol. The Hall–Kier alpha value is -2.11. The minimum Gasteiger partial charge on any atom is -0.379 e. The molecule has 0 spiro atoms. The number of anilines is 1. The van der Waals surface area contributed by atoms with Crippen molar-refractivity contribution < 1.29 is 22.0 Å². The van der Waals surface area contributed by atoms with E-state index in [1.165, 1.54) is 18.2 Å². The molecule has 0 radical (unpaired) electrons. The molecule has 0 unspecified atom stereocenters. The minimum atomic E-state index is -4.53. The zero-order chi connectivity index (χ0) is 15.6. The summed E-state index contributed by atoms with van der Waals surface area (Å²) in [6.45, 7) is 1.77. The van der Waals surface area contributed by atoms with Gasteiger partial charge in [-0.05, 0) is 48.4 Å². The number of halogens is 5. The standard InChI is InChI=1S/C15H12F5N/c1-9-6-12(16)4-2-10(9)8-21-14-7-11(15(18,19)20)3-5-13(14)17/h2-7,21H,8H2,1H3. The molecule has 6 heteroatoms. The zero-order valence-electron chi connectivity index (χ0n) is 11.1. The van der Waals surface area contributed by atoms with Crippen molar-refractivity contribution >= 4 is 5.69 Å². The first-order valence-electron chi connectivity index (χ1n) is 6.13. The molecule has 2 aromatic carbocycles. The summed E-state index contributed by atoms with van der Waals surface area (Å²) in [6, 6.07) is 6.22. The van der Waals surface area contributed by atoms with Gasteiger partial charge in [-0.3, -0.25) is 0 Å². The van der Waals surface area contributed by atoms with Gasteiger partial charge < -0.3 is 5.32 Å². The molecule has 0 atom stereocenters. The Morgan fingerprint density at radius 1 is 1.00 bits per heavy atom. The maximum Gasteiger partial charge on any atom is 0.416 e. The van der Waals surface area contributed by atoms with Crippen molar-refractivity contribution in [2.45, 2.75) is 19.6 Å². The Bertz CT molecular complexity index is 649. The van der Waals surface area contributed by atoms with Crippen LogP contribution < -0.4 is 5.32 Å². The van der Waals surface area contributed by atoms with E-state index in [1.54, 1.807) is 6.92 Å². The number of aryl methyl sites for hydroxylation is 1. The summed E-state index contributed by atoms with van der Waals surface area (Å²) in [5, 5.41) is 2.60. The SMILES string of the molecule is Cc1cc(F)ccc1CNc1cc(C(F)(F)F)ccc1F. The van der Waals surface area contributed by atoms with Gasteiger partial charge in [-0.2, -0.15) is 13.2 Å². The van der Waals surface area contributed by atoms with Crippen molar-refractivity contribution in [3.63, 3.8) is 0 Å². The fraction of sp³-hybridized carbons (Fsp3) is 0.200. The van der Waals surface area contributed by atoms with Crippen LogP contribution in [0.5, 0.6) is 0 Å². The lowest BCUT2D eigenvalue weighted by molar-refractivity contribution is -0.137. The maximum atomic E-state index is 13.5. The van der Waals surface area contributed by atoms with E-state index >= 15 is 0 Å². The van der Waals surface area contributed by atoms with Crippen LogP contribution in [0, 0.1) is 18.6 Å². The molecule has 0 heterocycles. The molecule has 0 saturated carbocycles.